The molecule has 0 radical (unpaired) electrons. The predicted octanol–water partition coefficient (Wildman–Crippen LogP) is 3.86. The molecule has 1 rings (SSSR count). The molecule has 0 aliphatic rings. The zero-order valence-electron chi connectivity index (χ0n) is 13.3. The van der Waals surface area contributed by atoms with Gasteiger partial charge in [0.05, 0.1) is 7.11 Å². The van der Waals surface area contributed by atoms with E-state index in [2.05, 4.69) is 0 Å². The maximum atomic E-state index is 5.78. The largest absolute Gasteiger partial charge is 0.464 e. The maximum absolute atomic E-state index is 5.78. The van der Waals surface area contributed by atoms with Gasteiger partial charge in [0.1, 0.15) is 16.4 Å². The third-order valence-electron chi connectivity index (χ3n) is 2.50. The van der Waals surface area contributed by atoms with Crippen molar-refractivity contribution >= 4 is 12.0 Å². The lowest BCUT2D eigenvalue weighted by atomic mass is 10.3. The number of ether oxygens (including phenoxy) is 4. The second-order valence-electron chi connectivity index (χ2n) is 4.12. The molecule has 0 bridgehead atoms. The molecule has 0 aliphatic heterocycles. The van der Waals surface area contributed by atoms with Crippen LogP contribution in [0.5, 0.6) is 11.5 Å². The molecule has 0 saturated carbocycles. The number of hydrogen-bond donors (Lipinski definition) is 0. The lowest BCUT2D eigenvalue weighted by Gasteiger charge is -2.20. The SMILES string of the molecule is CCOC(C)Oc1cccc(OC(C)OCC)c1SOC. The van der Waals surface area contributed by atoms with Crippen molar-refractivity contribution < 1.29 is 23.1 Å². The molecule has 6 heteroatoms. The van der Waals surface area contributed by atoms with E-state index in [0.29, 0.717) is 24.7 Å². The molecule has 120 valence electrons. The molecule has 1 aromatic carbocycles. The first-order valence-corrected chi connectivity index (χ1v) is 7.76. The van der Waals surface area contributed by atoms with E-state index >= 15 is 0 Å². The van der Waals surface area contributed by atoms with Crippen LogP contribution in [0.3, 0.4) is 0 Å². The van der Waals surface area contributed by atoms with Gasteiger partial charge in [-0.2, -0.15) is 0 Å². The Hall–Kier alpha value is -0.950. The van der Waals surface area contributed by atoms with Gasteiger partial charge in [-0.05, 0) is 39.8 Å². The Labute approximate surface area is 131 Å². The van der Waals surface area contributed by atoms with Gasteiger partial charge in [-0.25, -0.2) is 0 Å². The Kier molecular flexibility index (Phi) is 8.52. The summed E-state index contributed by atoms with van der Waals surface area (Å²) in [5, 5.41) is 0. The predicted molar refractivity (Wildman–Crippen MR) is 82.7 cm³/mol. The second kappa shape index (κ2) is 9.89. The first-order valence-electron chi connectivity index (χ1n) is 7.02. The number of rotatable bonds is 10. The highest BCUT2D eigenvalue weighted by Crippen LogP contribution is 2.39. The molecule has 1 aromatic rings. The molecule has 0 fully saturated rings. The fourth-order valence-corrected chi connectivity index (χ4v) is 2.31. The quantitative estimate of drug-likeness (QED) is 0.482. The molecule has 5 nitrogen and oxygen atoms in total. The summed E-state index contributed by atoms with van der Waals surface area (Å²) in [6.07, 6.45) is -0.684. The van der Waals surface area contributed by atoms with Gasteiger partial charge in [0, 0.05) is 25.3 Å². The molecule has 0 spiro atoms. The van der Waals surface area contributed by atoms with E-state index in [9.17, 15) is 0 Å². The van der Waals surface area contributed by atoms with Crippen LogP contribution in [0.25, 0.3) is 0 Å². The van der Waals surface area contributed by atoms with E-state index < -0.39 is 0 Å². The molecule has 0 amide bonds. The van der Waals surface area contributed by atoms with Crippen molar-refractivity contribution in [1.82, 2.24) is 0 Å². The van der Waals surface area contributed by atoms with E-state index in [1.54, 1.807) is 7.11 Å². The molecule has 0 N–H and O–H groups in total. The second-order valence-corrected chi connectivity index (χ2v) is 5.02. The average Bonchev–Trinajstić information content (AvgIpc) is 2.43. The Morgan fingerprint density at radius 2 is 1.43 bits per heavy atom. The van der Waals surface area contributed by atoms with Crippen LogP contribution in [-0.4, -0.2) is 32.9 Å². The Bertz CT molecular complexity index is 381. The first kappa shape index (κ1) is 18.1. The van der Waals surface area contributed by atoms with Gasteiger partial charge in [-0.15, -0.1) is 0 Å². The number of benzene rings is 1. The van der Waals surface area contributed by atoms with Crippen LogP contribution in [0.1, 0.15) is 27.7 Å². The molecule has 21 heavy (non-hydrogen) atoms. The minimum atomic E-state index is -0.342. The Balaban J connectivity index is 2.91. The fourth-order valence-electron chi connectivity index (χ4n) is 1.74. The lowest BCUT2D eigenvalue weighted by molar-refractivity contribution is -0.0678. The van der Waals surface area contributed by atoms with Gasteiger partial charge in [0.2, 0.25) is 0 Å². The summed E-state index contributed by atoms with van der Waals surface area (Å²) >= 11 is 1.19. The van der Waals surface area contributed by atoms with Gasteiger partial charge in [0.15, 0.2) is 12.6 Å². The highest BCUT2D eigenvalue weighted by Gasteiger charge is 2.16. The van der Waals surface area contributed by atoms with Crippen LogP contribution >= 0.6 is 12.0 Å². The molecular weight excluding hydrogens is 292 g/mol. The summed E-state index contributed by atoms with van der Waals surface area (Å²) in [6, 6.07) is 5.58. The summed E-state index contributed by atoms with van der Waals surface area (Å²) < 4.78 is 27.5. The lowest BCUT2D eigenvalue weighted by Crippen LogP contribution is -2.18. The van der Waals surface area contributed by atoms with Crippen molar-refractivity contribution in [2.24, 2.45) is 0 Å². The zero-order valence-corrected chi connectivity index (χ0v) is 14.1. The minimum Gasteiger partial charge on any atom is -0.464 e. The standard InChI is InChI=1S/C15H24O5S/c1-6-17-11(3)19-13-9-8-10-14(15(13)21-16-5)20-12(4)18-7-2/h8-12H,6-7H2,1-5H3. The van der Waals surface area contributed by atoms with Crippen molar-refractivity contribution in [1.29, 1.82) is 0 Å². The maximum Gasteiger partial charge on any atom is 0.197 e. The van der Waals surface area contributed by atoms with Gasteiger partial charge < -0.3 is 23.1 Å². The summed E-state index contributed by atoms with van der Waals surface area (Å²) in [7, 11) is 1.60. The highest BCUT2D eigenvalue weighted by molar-refractivity contribution is 7.94. The molecule has 0 aliphatic carbocycles. The molecule has 0 aromatic heterocycles. The van der Waals surface area contributed by atoms with Gasteiger partial charge in [-0.1, -0.05) is 6.07 Å². The number of hydrogen-bond acceptors (Lipinski definition) is 6. The minimum absolute atomic E-state index is 0.342. The molecule has 0 saturated heterocycles. The van der Waals surface area contributed by atoms with E-state index in [-0.39, 0.29) is 12.6 Å². The third kappa shape index (κ3) is 6.13. The van der Waals surface area contributed by atoms with Crippen molar-refractivity contribution in [3.63, 3.8) is 0 Å². The van der Waals surface area contributed by atoms with E-state index in [1.807, 2.05) is 45.9 Å². The average molecular weight is 316 g/mol. The summed E-state index contributed by atoms with van der Waals surface area (Å²) in [5.74, 6) is 1.31. The normalized spacial score (nSPS) is 13.8. The van der Waals surface area contributed by atoms with Crippen LogP contribution in [0.4, 0.5) is 0 Å². The van der Waals surface area contributed by atoms with Crippen LogP contribution in [0, 0.1) is 0 Å². The van der Waals surface area contributed by atoms with E-state index in [1.165, 1.54) is 12.0 Å². The van der Waals surface area contributed by atoms with Crippen molar-refractivity contribution in [3.8, 4) is 11.5 Å². The Morgan fingerprint density at radius 3 is 1.81 bits per heavy atom. The molecule has 2 atom stereocenters. The first-order chi connectivity index (χ1) is 10.1. The van der Waals surface area contributed by atoms with Gasteiger partial charge in [-0.3, -0.25) is 0 Å². The van der Waals surface area contributed by atoms with Gasteiger partial charge >= 0.3 is 0 Å². The van der Waals surface area contributed by atoms with Crippen LogP contribution in [-0.2, 0) is 13.7 Å². The van der Waals surface area contributed by atoms with Crippen LogP contribution in [0.2, 0.25) is 0 Å². The van der Waals surface area contributed by atoms with Crippen molar-refractivity contribution in [2.45, 2.75) is 45.2 Å². The summed E-state index contributed by atoms with van der Waals surface area (Å²) in [5.41, 5.74) is 0. The smallest absolute Gasteiger partial charge is 0.197 e. The topological polar surface area (TPSA) is 46.2 Å². The van der Waals surface area contributed by atoms with Crippen molar-refractivity contribution in [2.75, 3.05) is 20.3 Å². The fraction of sp³-hybridized carbons (Fsp3) is 0.600. The third-order valence-corrected chi connectivity index (χ3v) is 3.23. The molecule has 2 unspecified atom stereocenters. The monoisotopic (exact) mass is 316 g/mol. The summed E-state index contributed by atoms with van der Waals surface area (Å²) in [6.45, 7) is 8.72. The zero-order chi connectivity index (χ0) is 15.7. The summed E-state index contributed by atoms with van der Waals surface area (Å²) in [4.78, 5) is 0.762. The van der Waals surface area contributed by atoms with E-state index in [0.717, 1.165) is 4.90 Å². The van der Waals surface area contributed by atoms with Crippen molar-refractivity contribution in [3.05, 3.63) is 18.2 Å². The molecular formula is C15H24O5S. The van der Waals surface area contributed by atoms with Crippen LogP contribution in [0.15, 0.2) is 23.1 Å². The Morgan fingerprint density at radius 1 is 0.952 bits per heavy atom. The van der Waals surface area contributed by atoms with E-state index in [4.69, 9.17) is 23.1 Å². The van der Waals surface area contributed by atoms with Crippen LogP contribution < -0.4 is 9.47 Å². The van der Waals surface area contributed by atoms with Gasteiger partial charge in [0.25, 0.3) is 0 Å². The molecule has 0 heterocycles. The highest BCUT2D eigenvalue weighted by atomic mass is 32.2.